The minimum absolute atomic E-state index is 0.0905. The average molecular weight is 228 g/mol. The number of carbonyl (C=O) groups is 1. The Bertz CT molecular complexity index is 209. The number of rotatable bonds is 6. The summed E-state index contributed by atoms with van der Waals surface area (Å²) in [6.07, 6.45) is 5.93. The standard InChI is InChI=1S/C12H24N2O2/c13-7-3-6-12(16)14-8-10-4-1-2-5-11(10)9-15/h10-11,15H,1-9,13H2,(H,14,16). The highest BCUT2D eigenvalue weighted by Crippen LogP contribution is 2.28. The highest BCUT2D eigenvalue weighted by atomic mass is 16.3. The van der Waals surface area contributed by atoms with Gasteiger partial charge in [0.15, 0.2) is 0 Å². The molecule has 1 aliphatic carbocycles. The van der Waals surface area contributed by atoms with Crippen LogP contribution in [0.5, 0.6) is 0 Å². The van der Waals surface area contributed by atoms with E-state index in [0.29, 0.717) is 31.3 Å². The maximum Gasteiger partial charge on any atom is 0.220 e. The van der Waals surface area contributed by atoms with Gasteiger partial charge in [-0.3, -0.25) is 4.79 Å². The maximum atomic E-state index is 11.4. The van der Waals surface area contributed by atoms with E-state index in [9.17, 15) is 9.90 Å². The molecule has 0 bridgehead atoms. The lowest BCUT2D eigenvalue weighted by Crippen LogP contribution is -2.35. The van der Waals surface area contributed by atoms with Crippen LogP contribution in [-0.4, -0.2) is 30.7 Å². The van der Waals surface area contributed by atoms with Crippen LogP contribution in [0.1, 0.15) is 38.5 Å². The lowest BCUT2D eigenvalue weighted by molar-refractivity contribution is -0.121. The Morgan fingerprint density at radius 3 is 2.62 bits per heavy atom. The van der Waals surface area contributed by atoms with E-state index < -0.39 is 0 Å². The average Bonchev–Trinajstić information content (AvgIpc) is 2.34. The number of carbonyl (C=O) groups excluding carboxylic acids is 1. The number of aliphatic hydroxyl groups excluding tert-OH is 1. The van der Waals surface area contributed by atoms with Gasteiger partial charge in [0.2, 0.25) is 5.91 Å². The molecule has 1 rings (SSSR count). The number of aliphatic hydroxyl groups is 1. The van der Waals surface area contributed by atoms with Crippen LogP contribution in [0.3, 0.4) is 0 Å². The third kappa shape index (κ3) is 4.49. The van der Waals surface area contributed by atoms with E-state index >= 15 is 0 Å². The minimum Gasteiger partial charge on any atom is -0.396 e. The highest BCUT2D eigenvalue weighted by Gasteiger charge is 2.24. The maximum absolute atomic E-state index is 11.4. The number of nitrogens with two attached hydrogens (primary N) is 1. The van der Waals surface area contributed by atoms with Crippen LogP contribution in [0.15, 0.2) is 0 Å². The van der Waals surface area contributed by atoms with E-state index in [1.165, 1.54) is 12.8 Å². The van der Waals surface area contributed by atoms with Gasteiger partial charge in [-0.1, -0.05) is 12.8 Å². The second-order valence-corrected chi connectivity index (χ2v) is 4.68. The van der Waals surface area contributed by atoms with E-state index in [2.05, 4.69) is 5.32 Å². The molecule has 16 heavy (non-hydrogen) atoms. The van der Waals surface area contributed by atoms with Crippen LogP contribution in [0.25, 0.3) is 0 Å². The molecule has 1 aliphatic rings. The van der Waals surface area contributed by atoms with Crippen molar-refractivity contribution in [3.8, 4) is 0 Å². The summed E-state index contributed by atoms with van der Waals surface area (Å²) >= 11 is 0. The molecule has 2 unspecified atom stereocenters. The number of hydrogen-bond donors (Lipinski definition) is 3. The van der Waals surface area contributed by atoms with Gasteiger partial charge in [0.25, 0.3) is 0 Å². The minimum atomic E-state index is 0.0905. The van der Waals surface area contributed by atoms with Crippen LogP contribution < -0.4 is 11.1 Å². The molecule has 0 spiro atoms. The van der Waals surface area contributed by atoms with Gasteiger partial charge in [-0.15, -0.1) is 0 Å². The predicted octanol–water partition coefficient (Wildman–Crippen LogP) is 0.640. The lowest BCUT2D eigenvalue weighted by atomic mass is 9.79. The summed E-state index contributed by atoms with van der Waals surface area (Å²) in [5.74, 6) is 0.928. The van der Waals surface area contributed by atoms with Gasteiger partial charge < -0.3 is 16.2 Å². The van der Waals surface area contributed by atoms with Gasteiger partial charge in [-0.25, -0.2) is 0 Å². The number of amides is 1. The summed E-state index contributed by atoms with van der Waals surface area (Å²) in [5.41, 5.74) is 5.35. The molecule has 0 heterocycles. The Labute approximate surface area is 97.6 Å². The zero-order valence-electron chi connectivity index (χ0n) is 9.95. The van der Waals surface area contributed by atoms with E-state index in [1.807, 2.05) is 0 Å². The topological polar surface area (TPSA) is 75.4 Å². The zero-order chi connectivity index (χ0) is 11.8. The van der Waals surface area contributed by atoms with Gasteiger partial charge in [-0.05, 0) is 37.6 Å². The normalized spacial score (nSPS) is 25.4. The smallest absolute Gasteiger partial charge is 0.220 e. The molecule has 4 heteroatoms. The summed E-state index contributed by atoms with van der Waals surface area (Å²) < 4.78 is 0. The third-order valence-electron chi connectivity index (χ3n) is 3.47. The van der Waals surface area contributed by atoms with Crippen molar-refractivity contribution in [3.63, 3.8) is 0 Å². The summed E-state index contributed by atoms with van der Waals surface area (Å²) in [6, 6.07) is 0. The molecule has 4 N–H and O–H groups in total. The molecule has 1 fully saturated rings. The van der Waals surface area contributed by atoms with Crippen molar-refractivity contribution in [1.82, 2.24) is 5.32 Å². The fourth-order valence-corrected chi connectivity index (χ4v) is 2.39. The van der Waals surface area contributed by atoms with Crippen LogP contribution in [0.4, 0.5) is 0 Å². The van der Waals surface area contributed by atoms with Crippen molar-refractivity contribution in [2.45, 2.75) is 38.5 Å². The third-order valence-corrected chi connectivity index (χ3v) is 3.47. The monoisotopic (exact) mass is 228 g/mol. The molecule has 0 aromatic heterocycles. The molecule has 1 saturated carbocycles. The van der Waals surface area contributed by atoms with E-state index in [-0.39, 0.29) is 12.5 Å². The van der Waals surface area contributed by atoms with E-state index in [1.54, 1.807) is 0 Å². The second-order valence-electron chi connectivity index (χ2n) is 4.68. The molecule has 94 valence electrons. The fourth-order valence-electron chi connectivity index (χ4n) is 2.39. The number of hydrogen-bond acceptors (Lipinski definition) is 3. The zero-order valence-corrected chi connectivity index (χ0v) is 9.95. The van der Waals surface area contributed by atoms with Crippen LogP contribution in [0, 0.1) is 11.8 Å². The Morgan fingerprint density at radius 1 is 1.31 bits per heavy atom. The summed E-state index contributed by atoms with van der Waals surface area (Å²) in [4.78, 5) is 11.4. The predicted molar refractivity (Wildman–Crippen MR) is 63.8 cm³/mol. The molecule has 1 amide bonds. The Kier molecular flexibility index (Phi) is 6.42. The van der Waals surface area contributed by atoms with Crippen molar-refractivity contribution < 1.29 is 9.90 Å². The second kappa shape index (κ2) is 7.63. The van der Waals surface area contributed by atoms with E-state index in [4.69, 9.17) is 5.73 Å². The first-order valence-electron chi connectivity index (χ1n) is 6.35. The van der Waals surface area contributed by atoms with Gasteiger partial charge in [0.05, 0.1) is 0 Å². The molecule has 4 nitrogen and oxygen atoms in total. The summed E-state index contributed by atoms with van der Waals surface area (Å²) in [7, 11) is 0. The lowest BCUT2D eigenvalue weighted by Gasteiger charge is -2.30. The van der Waals surface area contributed by atoms with E-state index in [0.717, 1.165) is 19.3 Å². The van der Waals surface area contributed by atoms with Gasteiger partial charge in [-0.2, -0.15) is 0 Å². The SMILES string of the molecule is NCCCC(=O)NCC1CCCCC1CO. The molecular weight excluding hydrogens is 204 g/mol. The molecule has 0 radical (unpaired) electrons. The Balaban J connectivity index is 2.21. The van der Waals surface area contributed by atoms with Gasteiger partial charge in [0.1, 0.15) is 0 Å². The summed E-state index contributed by atoms with van der Waals surface area (Å²) in [5, 5.41) is 12.2. The van der Waals surface area contributed by atoms with Crippen LogP contribution in [-0.2, 0) is 4.79 Å². The van der Waals surface area contributed by atoms with Crippen molar-refractivity contribution in [2.24, 2.45) is 17.6 Å². The molecule has 0 aromatic carbocycles. The molecule has 0 saturated heterocycles. The van der Waals surface area contributed by atoms with Crippen LogP contribution >= 0.6 is 0 Å². The molecule has 0 aromatic rings. The Hall–Kier alpha value is -0.610. The first-order chi connectivity index (χ1) is 7.77. The van der Waals surface area contributed by atoms with Gasteiger partial charge in [0, 0.05) is 19.6 Å². The van der Waals surface area contributed by atoms with Crippen molar-refractivity contribution in [1.29, 1.82) is 0 Å². The van der Waals surface area contributed by atoms with Crippen molar-refractivity contribution in [2.75, 3.05) is 19.7 Å². The van der Waals surface area contributed by atoms with Crippen LogP contribution in [0.2, 0.25) is 0 Å². The highest BCUT2D eigenvalue weighted by molar-refractivity contribution is 5.75. The molecule has 0 aliphatic heterocycles. The first kappa shape index (κ1) is 13.5. The Morgan fingerprint density at radius 2 is 2.00 bits per heavy atom. The van der Waals surface area contributed by atoms with Crippen molar-refractivity contribution in [3.05, 3.63) is 0 Å². The van der Waals surface area contributed by atoms with Gasteiger partial charge >= 0.3 is 0 Å². The summed E-state index contributed by atoms with van der Waals surface area (Å²) in [6.45, 7) is 1.54. The molecular formula is C12H24N2O2. The fraction of sp³-hybridized carbons (Fsp3) is 0.917. The molecule has 2 atom stereocenters. The van der Waals surface area contributed by atoms with Crippen molar-refractivity contribution >= 4 is 5.91 Å². The quantitative estimate of drug-likeness (QED) is 0.624. The first-order valence-corrected chi connectivity index (χ1v) is 6.35. The largest absolute Gasteiger partial charge is 0.396 e. The number of nitrogens with one attached hydrogen (secondary N) is 1.